The molecule has 0 bridgehead atoms. The van der Waals surface area contributed by atoms with Crippen LogP contribution < -0.4 is 14.4 Å². The van der Waals surface area contributed by atoms with Crippen molar-refractivity contribution in [3.63, 3.8) is 0 Å². The van der Waals surface area contributed by atoms with E-state index in [2.05, 4.69) is 4.98 Å². The van der Waals surface area contributed by atoms with Crippen LogP contribution in [0.5, 0.6) is 11.5 Å². The summed E-state index contributed by atoms with van der Waals surface area (Å²) in [5.41, 5.74) is 0.370. The van der Waals surface area contributed by atoms with Gasteiger partial charge < -0.3 is 23.9 Å². The van der Waals surface area contributed by atoms with Crippen LogP contribution in [0.15, 0.2) is 47.1 Å². The van der Waals surface area contributed by atoms with Gasteiger partial charge in [0.05, 0.1) is 12.1 Å². The van der Waals surface area contributed by atoms with Gasteiger partial charge in [-0.05, 0) is 63.1 Å². The van der Waals surface area contributed by atoms with Crippen LogP contribution >= 0.6 is 0 Å². The highest BCUT2D eigenvalue weighted by Crippen LogP contribution is 2.32. The van der Waals surface area contributed by atoms with E-state index < -0.39 is 23.3 Å². The molecule has 1 heterocycles. The van der Waals surface area contributed by atoms with Gasteiger partial charge >= 0.3 is 12.1 Å². The van der Waals surface area contributed by atoms with Crippen molar-refractivity contribution in [3.8, 4) is 22.8 Å². The zero-order chi connectivity index (χ0) is 26.0. The fourth-order valence-corrected chi connectivity index (χ4v) is 3.14. The molecule has 1 aromatic heterocycles. The van der Waals surface area contributed by atoms with Crippen molar-refractivity contribution >= 4 is 12.0 Å². The molecule has 1 N–H and O–H groups in total. The highest BCUT2D eigenvalue weighted by molar-refractivity contribution is 5.77. The van der Waals surface area contributed by atoms with Gasteiger partial charge in [-0.2, -0.15) is 18.2 Å². The average molecular weight is 492 g/mol. The minimum absolute atomic E-state index is 0.301. The second-order valence-electron chi connectivity index (χ2n) is 8.66. The Morgan fingerprint density at radius 1 is 1.09 bits per heavy atom. The Morgan fingerprint density at radius 3 is 2.29 bits per heavy atom. The van der Waals surface area contributed by atoms with Crippen molar-refractivity contribution in [2.45, 2.75) is 39.5 Å². The van der Waals surface area contributed by atoms with Crippen molar-refractivity contribution in [2.24, 2.45) is 0 Å². The van der Waals surface area contributed by atoms with Crippen molar-refractivity contribution in [1.82, 2.24) is 4.98 Å². The fourth-order valence-electron chi connectivity index (χ4n) is 3.14. The molecule has 0 radical (unpaired) electrons. The summed E-state index contributed by atoms with van der Waals surface area (Å²) in [5, 5.41) is 9.28. The van der Waals surface area contributed by atoms with E-state index in [1.54, 1.807) is 31.0 Å². The highest BCUT2D eigenvalue weighted by Gasteiger charge is 2.31. The molecule has 188 valence electrons. The molecule has 2 aromatic carbocycles. The molecular weight excluding hydrogens is 465 g/mol. The molecule has 0 atom stereocenters. The van der Waals surface area contributed by atoms with E-state index in [4.69, 9.17) is 13.9 Å². The zero-order valence-corrected chi connectivity index (χ0v) is 20.1. The quantitative estimate of drug-likeness (QED) is 0.408. The molecule has 0 spiro atoms. The van der Waals surface area contributed by atoms with Crippen molar-refractivity contribution in [2.75, 3.05) is 25.1 Å². The fraction of sp³-hybridized carbons (Fsp3) is 0.360. The number of aryl methyl sites for hydroxylation is 2. The topological polar surface area (TPSA) is 85.0 Å². The maximum atomic E-state index is 12.8. The molecule has 0 aliphatic heterocycles. The number of hydrogen-bond acceptors (Lipinski definition) is 6. The number of carboxylic acid groups (broad SMARTS) is 1. The minimum atomic E-state index is -4.40. The van der Waals surface area contributed by atoms with Crippen molar-refractivity contribution in [1.29, 1.82) is 0 Å². The summed E-state index contributed by atoms with van der Waals surface area (Å²) < 4.78 is 55.3. The first kappa shape index (κ1) is 25.9. The van der Waals surface area contributed by atoms with Gasteiger partial charge in [0.25, 0.3) is 6.01 Å². The Labute approximate surface area is 201 Å². The van der Waals surface area contributed by atoms with Gasteiger partial charge in [-0.3, -0.25) is 0 Å². The number of carboxylic acids is 1. The minimum Gasteiger partial charge on any atom is -0.491 e. The Bertz CT molecular complexity index is 1190. The Morgan fingerprint density at radius 2 is 1.69 bits per heavy atom. The third-order valence-corrected chi connectivity index (χ3v) is 5.36. The summed E-state index contributed by atoms with van der Waals surface area (Å²) in [6, 6.07) is 8.54. The van der Waals surface area contributed by atoms with Gasteiger partial charge in [0.15, 0.2) is 5.60 Å². The lowest BCUT2D eigenvalue weighted by molar-refractivity contribution is -0.152. The molecule has 0 saturated carbocycles. The number of halogens is 3. The highest BCUT2D eigenvalue weighted by atomic mass is 19.4. The standard InChI is InChI=1S/C25H27F3N2O5/c1-15-13-21(35-24(3,4)22(31)32)16(2)12-20(15)33-11-10-30(5)23-29-19(14-34-23)17-6-8-18(9-7-17)25(26,27)28/h6-9,12-14H,10-11H2,1-5H3,(H,31,32). The molecule has 3 rings (SSSR count). The maximum absolute atomic E-state index is 12.8. The van der Waals surface area contributed by atoms with Crippen LogP contribution in [-0.2, 0) is 11.0 Å². The van der Waals surface area contributed by atoms with Gasteiger partial charge in [-0.1, -0.05) is 12.1 Å². The van der Waals surface area contributed by atoms with Crippen LogP contribution in [-0.4, -0.2) is 41.9 Å². The molecule has 0 aliphatic rings. The van der Waals surface area contributed by atoms with E-state index in [9.17, 15) is 23.1 Å². The van der Waals surface area contributed by atoms with E-state index in [0.717, 1.165) is 23.3 Å². The lowest BCUT2D eigenvalue weighted by atomic mass is 10.1. The van der Waals surface area contributed by atoms with E-state index in [0.29, 0.717) is 41.9 Å². The first-order valence-corrected chi connectivity index (χ1v) is 10.8. The third kappa shape index (κ3) is 6.26. The van der Waals surface area contributed by atoms with E-state index in [-0.39, 0.29) is 0 Å². The second kappa shape index (κ2) is 9.89. The number of aromatic nitrogens is 1. The first-order chi connectivity index (χ1) is 16.3. The zero-order valence-electron chi connectivity index (χ0n) is 20.1. The molecule has 0 saturated heterocycles. The largest absolute Gasteiger partial charge is 0.491 e. The number of anilines is 1. The normalized spacial score (nSPS) is 11.9. The number of aliphatic carboxylic acids is 1. The second-order valence-corrected chi connectivity index (χ2v) is 8.66. The molecule has 0 fully saturated rings. The first-order valence-electron chi connectivity index (χ1n) is 10.8. The average Bonchev–Trinajstić information content (AvgIpc) is 3.26. The molecule has 3 aromatic rings. The SMILES string of the molecule is Cc1cc(OC(C)(C)C(=O)O)c(C)cc1OCCN(C)c1nc(-c2ccc(C(F)(F)F)cc2)co1. The number of rotatable bonds is 9. The summed E-state index contributed by atoms with van der Waals surface area (Å²) in [7, 11) is 1.76. The summed E-state index contributed by atoms with van der Waals surface area (Å²) >= 11 is 0. The van der Waals surface area contributed by atoms with Crippen LogP contribution in [0.2, 0.25) is 0 Å². The number of hydrogen-bond donors (Lipinski definition) is 1. The third-order valence-electron chi connectivity index (χ3n) is 5.36. The van der Waals surface area contributed by atoms with Crippen LogP contribution in [0.25, 0.3) is 11.3 Å². The Hall–Kier alpha value is -3.69. The van der Waals surface area contributed by atoms with Gasteiger partial charge in [0.1, 0.15) is 30.1 Å². The van der Waals surface area contributed by atoms with Gasteiger partial charge in [-0.25, -0.2) is 4.79 Å². The summed E-state index contributed by atoms with van der Waals surface area (Å²) in [6.07, 6.45) is -3.01. The number of alkyl halides is 3. The maximum Gasteiger partial charge on any atom is 0.416 e. The number of likely N-dealkylation sites (N-methyl/N-ethyl adjacent to an activating group) is 1. The van der Waals surface area contributed by atoms with Crippen LogP contribution in [0, 0.1) is 13.8 Å². The smallest absolute Gasteiger partial charge is 0.416 e. The lowest BCUT2D eigenvalue weighted by Crippen LogP contribution is -2.38. The molecular formula is C25H27F3N2O5. The summed E-state index contributed by atoms with van der Waals surface area (Å²) in [6.45, 7) is 7.34. The van der Waals surface area contributed by atoms with Crippen molar-refractivity contribution in [3.05, 3.63) is 59.4 Å². The number of nitrogens with zero attached hydrogens (tertiary/aromatic N) is 2. The summed E-state index contributed by atoms with van der Waals surface area (Å²) in [5.74, 6) is 0.0371. The summed E-state index contributed by atoms with van der Waals surface area (Å²) in [4.78, 5) is 17.4. The predicted molar refractivity (Wildman–Crippen MR) is 124 cm³/mol. The molecule has 7 nitrogen and oxygen atoms in total. The Balaban J connectivity index is 1.60. The Kier molecular flexibility index (Phi) is 7.33. The van der Waals surface area contributed by atoms with Crippen molar-refractivity contribution < 1.29 is 37.0 Å². The van der Waals surface area contributed by atoms with E-state index in [1.165, 1.54) is 32.2 Å². The molecule has 10 heteroatoms. The number of carbonyl (C=O) groups is 1. The number of benzene rings is 2. The predicted octanol–water partition coefficient (Wildman–Crippen LogP) is 5.73. The molecule has 35 heavy (non-hydrogen) atoms. The monoisotopic (exact) mass is 492 g/mol. The van der Waals surface area contributed by atoms with Crippen LogP contribution in [0.4, 0.5) is 19.2 Å². The number of oxazole rings is 1. The van der Waals surface area contributed by atoms with E-state index >= 15 is 0 Å². The molecule has 0 unspecified atom stereocenters. The molecule has 0 amide bonds. The van der Waals surface area contributed by atoms with Gasteiger partial charge in [-0.15, -0.1) is 0 Å². The lowest BCUT2D eigenvalue weighted by Gasteiger charge is -2.24. The van der Waals surface area contributed by atoms with Gasteiger partial charge in [0.2, 0.25) is 0 Å². The van der Waals surface area contributed by atoms with E-state index in [1.807, 2.05) is 6.92 Å². The number of ether oxygens (including phenoxy) is 2. The van der Waals surface area contributed by atoms with Crippen LogP contribution in [0.1, 0.15) is 30.5 Å². The molecule has 0 aliphatic carbocycles. The van der Waals surface area contributed by atoms with Gasteiger partial charge in [0, 0.05) is 12.6 Å². The van der Waals surface area contributed by atoms with Crippen LogP contribution in [0.3, 0.4) is 0 Å².